The summed E-state index contributed by atoms with van der Waals surface area (Å²) in [6, 6.07) is -0.702. The second-order valence-electron chi connectivity index (χ2n) is 18.3. The highest BCUT2D eigenvalue weighted by Crippen LogP contribution is 2.18. The Kier molecular flexibility index (Phi) is 47.6. The molecule has 3 unspecified atom stereocenters. The number of esters is 1. The standard InChI is InChI=1S/C55H103NO5/c1-4-7-10-13-16-19-22-24-25-26-27-28-30-33-36-39-42-45-48-55(60)61-51(46-43-40-37-34-31-21-18-15-12-9-6-3)49-54(59)56-52(50-57)53(58)47-44-41-38-35-32-29-23-20-17-14-11-8-5-2/h22,24-28,51-53,57-58H,4-21,23,29-50H2,1-3H3,(H,56,59)/b24-22+,26-25+,28-27+. The lowest BCUT2D eigenvalue weighted by Gasteiger charge is -2.24. The third-order valence-electron chi connectivity index (χ3n) is 12.3. The van der Waals surface area contributed by atoms with Crippen molar-refractivity contribution >= 4 is 11.9 Å². The van der Waals surface area contributed by atoms with E-state index in [4.69, 9.17) is 4.74 Å². The number of unbranched alkanes of at least 4 members (excludes halogenated alkanes) is 32. The van der Waals surface area contributed by atoms with Crippen molar-refractivity contribution in [3.05, 3.63) is 36.5 Å². The average Bonchev–Trinajstić information content (AvgIpc) is 3.25. The van der Waals surface area contributed by atoms with Crippen LogP contribution in [0, 0.1) is 0 Å². The van der Waals surface area contributed by atoms with Crippen LogP contribution in [0.5, 0.6) is 0 Å². The number of ether oxygens (including phenoxy) is 1. The number of nitrogens with one attached hydrogen (secondary N) is 1. The van der Waals surface area contributed by atoms with Crippen LogP contribution in [0.25, 0.3) is 0 Å². The molecule has 0 bridgehead atoms. The van der Waals surface area contributed by atoms with Crippen molar-refractivity contribution < 1.29 is 24.5 Å². The molecule has 0 fully saturated rings. The molecule has 0 heterocycles. The van der Waals surface area contributed by atoms with E-state index in [0.29, 0.717) is 19.3 Å². The van der Waals surface area contributed by atoms with Crippen LogP contribution >= 0.6 is 0 Å². The van der Waals surface area contributed by atoms with Crippen LogP contribution < -0.4 is 5.32 Å². The van der Waals surface area contributed by atoms with Crippen molar-refractivity contribution in [2.75, 3.05) is 6.61 Å². The normalized spacial score (nSPS) is 13.5. The molecule has 0 rings (SSSR count). The zero-order chi connectivity index (χ0) is 44.5. The molecule has 3 atom stereocenters. The molecule has 0 aromatic rings. The summed E-state index contributed by atoms with van der Waals surface area (Å²) in [4.78, 5) is 26.1. The number of hydrogen-bond acceptors (Lipinski definition) is 5. The van der Waals surface area contributed by atoms with Gasteiger partial charge < -0.3 is 20.3 Å². The van der Waals surface area contributed by atoms with Crippen molar-refractivity contribution in [3.8, 4) is 0 Å². The summed E-state index contributed by atoms with van der Waals surface area (Å²) in [5.74, 6) is -0.485. The first kappa shape index (κ1) is 59.1. The largest absolute Gasteiger partial charge is 0.462 e. The van der Waals surface area contributed by atoms with Gasteiger partial charge in [-0.25, -0.2) is 0 Å². The summed E-state index contributed by atoms with van der Waals surface area (Å²) in [5, 5.41) is 23.8. The monoisotopic (exact) mass is 858 g/mol. The number of carbonyl (C=O) groups is 2. The van der Waals surface area contributed by atoms with Gasteiger partial charge in [-0.3, -0.25) is 9.59 Å². The molecular weight excluding hydrogens is 755 g/mol. The lowest BCUT2D eigenvalue weighted by Crippen LogP contribution is -2.46. The second-order valence-corrected chi connectivity index (χ2v) is 18.3. The van der Waals surface area contributed by atoms with Gasteiger partial charge in [-0.15, -0.1) is 0 Å². The maximum Gasteiger partial charge on any atom is 0.306 e. The lowest BCUT2D eigenvalue weighted by atomic mass is 10.0. The maximum atomic E-state index is 13.2. The molecule has 3 N–H and O–H groups in total. The van der Waals surface area contributed by atoms with E-state index in [-0.39, 0.29) is 24.9 Å². The third kappa shape index (κ3) is 44.5. The molecule has 6 nitrogen and oxygen atoms in total. The van der Waals surface area contributed by atoms with Gasteiger partial charge in [0.1, 0.15) is 6.10 Å². The summed E-state index contributed by atoms with van der Waals surface area (Å²) in [7, 11) is 0. The van der Waals surface area contributed by atoms with E-state index in [9.17, 15) is 19.8 Å². The molecule has 0 saturated heterocycles. The number of aliphatic hydroxyl groups is 2. The first-order valence-corrected chi connectivity index (χ1v) is 26.7. The van der Waals surface area contributed by atoms with E-state index in [1.807, 2.05) is 0 Å². The summed E-state index contributed by atoms with van der Waals surface area (Å²) < 4.78 is 5.93. The Labute approximate surface area is 379 Å². The van der Waals surface area contributed by atoms with Crippen molar-refractivity contribution in [3.63, 3.8) is 0 Å². The Hall–Kier alpha value is -1.92. The van der Waals surface area contributed by atoms with Gasteiger partial charge in [-0.05, 0) is 51.4 Å². The molecule has 0 spiro atoms. The summed E-state index contributed by atoms with van der Waals surface area (Å²) in [6.45, 7) is 6.47. The quantitative estimate of drug-likeness (QED) is 0.0322. The third-order valence-corrected chi connectivity index (χ3v) is 12.3. The van der Waals surface area contributed by atoms with Gasteiger partial charge in [0, 0.05) is 6.42 Å². The Morgan fingerprint density at radius 1 is 0.475 bits per heavy atom. The maximum absolute atomic E-state index is 13.2. The number of amides is 1. The molecule has 0 aliphatic heterocycles. The van der Waals surface area contributed by atoms with Crippen LogP contribution in [0.4, 0.5) is 0 Å². The van der Waals surface area contributed by atoms with E-state index >= 15 is 0 Å². The molecule has 1 amide bonds. The molecule has 358 valence electrons. The molecular formula is C55H103NO5. The molecule has 0 saturated carbocycles. The molecule has 61 heavy (non-hydrogen) atoms. The Bertz CT molecular complexity index is 1010. The molecule has 0 aliphatic carbocycles. The van der Waals surface area contributed by atoms with Crippen molar-refractivity contribution in [2.24, 2.45) is 0 Å². The van der Waals surface area contributed by atoms with Gasteiger partial charge in [0.25, 0.3) is 0 Å². The smallest absolute Gasteiger partial charge is 0.306 e. The van der Waals surface area contributed by atoms with E-state index in [0.717, 1.165) is 64.2 Å². The van der Waals surface area contributed by atoms with E-state index in [1.165, 1.54) is 167 Å². The van der Waals surface area contributed by atoms with Gasteiger partial charge in [0.2, 0.25) is 5.91 Å². The van der Waals surface area contributed by atoms with Crippen molar-refractivity contribution in [1.82, 2.24) is 5.32 Å². The summed E-state index contributed by atoms with van der Waals surface area (Å²) in [6.07, 6.45) is 57.7. The fourth-order valence-corrected chi connectivity index (χ4v) is 8.20. The van der Waals surface area contributed by atoms with Crippen molar-refractivity contribution in [1.29, 1.82) is 0 Å². The van der Waals surface area contributed by atoms with Gasteiger partial charge in [0.05, 0.1) is 25.2 Å². The summed E-state index contributed by atoms with van der Waals surface area (Å²) >= 11 is 0. The zero-order valence-electron chi connectivity index (χ0n) is 40.8. The highest BCUT2D eigenvalue weighted by molar-refractivity contribution is 5.77. The lowest BCUT2D eigenvalue weighted by molar-refractivity contribution is -0.151. The number of hydrogen-bond donors (Lipinski definition) is 3. The average molecular weight is 858 g/mol. The van der Waals surface area contributed by atoms with Crippen molar-refractivity contribution in [2.45, 2.75) is 296 Å². The van der Waals surface area contributed by atoms with Crippen LogP contribution in [-0.4, -0.2) is 46.9 Å². The minimum atomic E-state index is -0.788. The molecule has 0 aliphatic rings. The van der Waals surface area contributed by atoms with E-state index in [2.05, 4.69) is 62.5 Å². The van der Waals surface area contributed by atoms with Gasteiger partial charge in [-0.2, -0.15) is 0 Å². The Morgan fingerprint density at radius 3 is 1.25 bits per heavy atom. The predicted molar refractivity (Wildman–Crippen MR) is 264 cm³/mol. The first-order valence-electron chi connectivity index (χ1n) is 26.7. The van der Waals surface area contributed by atoms with Crippen LogP contribution in [-0.2, 0) is 14.3 Å². The van der Waals surface area contributed by atoms with E-state index < -0.39 is 18.2 Å². The van der Waals surface area contributed by atoms with Crippen LogP contribution in [0.2, 0.25) is 0 Å². The van der Waals surface area contributed by atoms with Gasteiger partial charge in [0.15, 0.2) is 0 Å². The first-order chi connectivity index (χ1) is 30.0. The van der Waals surface area contributed by atoms with Gasteiger partial charge in [-0.1, -0.05) is 250 Å². The fourth-order valence-electron chi connectivity index (χ4n) is 8.20. The minimum Gasteiger partial charge on any atom is -0.462 e. The predicted octanol–water partition coefficient (Wildman–Crippen LogP) is 16.1. The molecule has 0 radical (unpaired) electrons. The molecule has 6 heteroatoms. The molecule has 0 aromatic heterocycles. The molecule has 0 aromatic carbocycles. The number of rotatable bonds is 48. The highest BCUT2D eigenvalue weighted by Gasteiger charge is 2.24. The summed E-state index contributed by atoms with van der Waals surface area (Å²) in [5.41, 5.74) is 0. The Morgan fingerprint density at radius 2 is 0.836 bits per heavy atom. The van der Waals surface area contributed by atoms with Gasteiger partial charge >= 0.3 is 5.97 Å². The Balaban J connectivity index is 4.53. The SMILES string of the molecule is CCCCCCC/C=C/C=C/C=C/CCCCCCCC(=O)OC(CCCCCCCCCCCCC)CC(=O)NC(CO)C(O)CCCCCCCCCCCCCCC. The minimum absolute atomic E-state index is 0.0730. The second kappa shape index (κ2) is 49.1. The number of allylic oxidation sites excluding steroid dienone is 6. The number of carbonyl (C=O) groups excluding carboxylic acids is 2. The van der Waals surface area contributed by atoms with Crippen LogP contribution in [0.15, 0.2) is 36.5 Å². The van der Waals surface area contributed by atoms with Crippen LogP contribution in [0.1, 0.15) is 278 Å². The fraction of sp³-hybridized carbons (Fsp3) is 0.855. The van der Waals surface area contributed by atoms with Crippen LogP contribution in [0.3, 0.4) is 0 Å². The number of aliphatic hydroxyl groups excluding tert-OH is 2. The zero-order valence-corrected chi connectivity index (χ0v) is 40.8. The topological polar surface area (TPSA) is 95.9 Å². The highest BCUT2D eigenvalue weighted by atomic mass is 16.5. The van der Waals surface area contributed by atoms with E-state index in [1.54, 1.807) is 0 Å².